The minimum Gasteiger partial charge on any atom is -0.343 e. The van der Waals surface area contributed by atoms with E-state index in [1.54, 1.807) is 12.4 Å². The first-order valence-corrected chi connectivity index (χ1v) is 14.1. The normalized spacial score (nSPS) is 14.4. The molecule has 1 aliphatic heterocycles. The molecule has 7 rings (SSSR count). The Morgan fingerprint density at radius 2 is 1.63 bits per heavy atom. The number of likely N-dealkylation sites (tertiary alicyclic amines) is 1. The lowest BCUT2D eigenvalue weighted by Crippen LogP contribution is -2.32. The smallest absolute Gasteiger partial charge is 0.257 e. The number of piperidine rings is 1. The van der Waals surface area contributed by atoms with E-state index in [2.05, 4.69) is 56.3 Å². The number of nitrogens with zero attached hydrogens (tertiary/aromatic N) is 4. The predicted octanol–water partition coefficient (Wildman–Crippen LogP) is 6.42. The zero-order chi connectivity index (χ0) is 27.6. The second-order valence-corrected chi connectivity index (χ2v) is 10.6. The molecule has 0 unspecified atom stereocenters. The highest BCUT2D eigenvalue weighted by Crippen LogP contribution is 2.33. The van der Waals surface area contributed by atoms with Crippen LogP contribution in [0.3, 0.4) is 0 Å². The minimum absolute atomic E-state index is 0.126. The number of imidazole rings is 1. The average Bonchev–Trinajstić information content (AvgIpc) is 3.53. The molecule has 0 aliphatic carbocycles. The fourth-order valence-corrected chi connectivity index (χ4v) is 5.76. The number of nitrogens with one attached hydrogen (secondary N) is 2. The van der Waals surface area contributed by atoms with Crippen molar-refractivity contribution < 1.29 is 0 Å². The van der Waals surface area contributed by atoms with Crippen LogP contribution in [0.4, 0.5) is 0 Å². The van der Waals surface area contributed by atoms with E-state index >= 15 is 0 Å². The third kappa shape index (κ3) is 5.19. The zero-order valence-corrected chi connectivity index (χ0v) is 22.6. The molecule has 0 atom stereocenters. The number of pyridine rings is 3. The molecule has 5 heterocycles. The van der Waals surface area contributed by atoms with Gasteiger partial charge in [0.2, 0.25) is 0 Å². The molecule has 41 heavy (non-hydrogen) atoms. The predicted molar refractivity (Wildman–Crippen MR) is 162 cm³/mol. The molecule has 7 heteroatoms. The van der Waals surface area contributed by atoms with Gasteiger partial charge in [-0.1, -0.05) is 60.7 Å². The summed E-state index contributed by atoms with van der Waals surface area (Å²) in [5.41, 5.74) is 7.77. The van der Waals surface area contributed by atoms with E-state index in [1.165, 1.54) is 5.56 Å². The summed E-state index contributed by atoms with van der Waals surface area (Å²) in [4.78, 5) is 35.3. The summed E-state index contributed by atoms with van der Waals surface area (Å²) >= 11 is 0. The van der Waals surface area contributed by atoms with E-state index < -0.39 is 0 Å². The van der Waals surface area contributed by atoms with Crippen molar-refractivity contribution in [2.75, 3.05) is 13.1 Å². The van der Waals surface area contributed by atoms with Crippen molar-refractivity contribution in [3.05, 3.63) is 125 Å². The second-order valence-electron chi connectivity index (χ2n) is 10.6. The van der Waals surface area contributed by atoms with Crippen LogP contribution in [0.2, 0.25) is 0 Å². The number of aromatic amines is 2. The Labute approximate surface area is 238 Å². The lowest BCUT2D eigenvalue weighted by molar-refractivity contribution is 0.203. The monoisotopic (exact) mass is 538 g/mol. The summed E-state index contributed by atoms with van der Waals surface area (Å²) in [5.74, 6) is 1.30. The van der Waals surface area contributed by atoms with Crippen molar-refractivity contribution in [1.82, 2.24) is 29.8 Å². The maximum Gasteiger partial charge on any atom is 0.257 e. The first kappa shape index (κ1) is 25.1. The highest BCUT2D eigenvalue weighted by Gasteiger charge is 2.23. The van der Waals surface area contributed by atoms with Gasteiger partial charge in [0.15, 0.2) is 5.82 Å². The Bertz CT molecular complexity index is 1840. The lowest BCUT2D eigenvalue weighted by atomic mass is 9.93. The summed E-state index contributed by atoms with van der Waals surface area (Å²) in [5, 5.41) is 0.595. The Balaban J connectivity index is 1.06. The molecule has 0 amide bonds. The molecule has 0 bridgehead atoms. The molecule has 0 saturated carbocycles. The molecule has 2 aromatic carbocycles. The molecule has 6 aromatic rings. The molecule has 0 spiro atoms. The number of benzene rings is 2. The molecule has 1 saturated heterocycles. The zero-order valence-electron chi connectivity index (χ0n) is 22.6. The van der Waals surface area contributed by atoms with Gasteiger partial charge in [-0.2, -0.15) is 0 Å². The van der Waals surface area contributed by atoms with Gasteiger partial charge in [-0.15, -0.1) is 0 Å². The standard InChI is InChI=1S/C34H30N6O/c41-34-28-20-27(24-6-2-1-3-7-24)32(38-29(28)13-17-36-34)26-11-9-23(10-12-26)22-40-18-14-25(15-19-40)31-21-37-33(39-31)30-8-4-5-16-35-30/h1-13,16-17,20-21,25H,14-15,18-19,22H2,(H,36,41)(H,37,39). The van der Waals surface area contributed by atoms with E-state index in [1.807, 2.05) is 54.7 Å². The molecule has 7 nitrogen and oxygen atoms in total. The molecule has 1 fully saturated rings. The molecular weight excluding hydrogens is 508 g/mol. The Morgan fingerprint density at radius 3 is 2.41 bits per heavy atom. The molecule has 2 N–H and O–H groups in total. The first-order valence-electron chi connectivity index (χ1n) is 14.1. The minimum atomic E-state index is -0.126. The fraction of sp³-hybridized carbons (Fsp3) is 0.176. The van der Waals surface area contributed by atoms with Gasteiger partial charge in [-0.25, -0.2) is 9.97 Å². The van der Waals surface area contributed by atoms with Crippen LogP contribution in [0, 0.1) is 0 Å². The van der Waals surface area contributed by atoms with Gasteiger partial charge in [-0.05, 0) is 61.3 Å². The van der Waals surface area contributed by atoms with Gasteiger partial charge in [0, 0.05) is 42.2 Å². The van der Waals surface area contributed by atoms with Gasteiger partial charge in [-0.3, -0.25) is 14.7 Å². The first-order chi connectivity index (χ1) is 20.2. The quantitative estimate of drug-likeness (QED) is 0.255. The van der Waals surface area contributed by atoms with Crippen LogP contribution in [0.25, 0.3) is 44.8 Å². The van der Waals surface area contributed by atoms with Crippen LogP contribution < -0.4 is 5.56 Å². The summed E-state index contributed by atoms with van der Waals surface area (Å²) < 4.78 is 0. The second kappa shape index (κ2) is 10.9. The van der Waals surface area contributed by atoms with E-state index in [4.69, 9.17) is 9.97 Å². The van der Waals surface area contributed by atoms with Gasteiger partial charge >= 0.3 is 0 Å². The van der Waals surface area contributed by atoms with Crippen LogP contribution in [0.5, 0.6) is 0 Å². The van der Waals surface area contributed by atoms with Crippen molar-refractivity contribution in [2.45, 2.75) is 25.3 Å². The Morgan fingerprint density at radius 1 is 0.829 bits per heavy atom. The van der Waals surface area contributed by atoms with Crippen molar-refractivity contribution >= 4 is 10.9 Å². The van der Waals surface area contributed by atoms with Crippen molar-refractivity contribution in [1.29, 1.82) is 0 Å². The SMILES string of the molecule is O=c1[nH]ccc2nc(-c3ccc(CN4CCC(c5c[nH]c(-c6ccccn6)n5)CC4)cc3)c(-c3ccccc3)cc12. The lowest BCUT2D eigenvalue weighted by Gasteiger charge is -2.31. The van der Waals surface area contributed by atoms with Gasteiger partial charge in [0.05, 0.1) is 22.3 Å². The number of rotatable bonds is 6. The van der Waals surface area contributed by atoms with Crippen LogP contribution >= 0.6 is 0 Å². The van der Waals surface area contributed by atoms with E-state index in [0.717, 1.165) is 72.1 Å². The molecular formula is C34H30N6O. The number of fused-ring (bicyclic) bond motifs is 1. The Kier molecular flexibility index (Phi) is 6.70. The van der Waals surface area contributed by atoms with Crippen molar-refractivity contribution in [3.63, 3.8) is 0 Å². The summed E-state index contributed by atoms with van der Waals surface area (Å²) in [6.07, 6.45) is 7.67. The van der Waals surface area contributed by atoms with Crippen LogP contribution in [-0.2, 0) is 6.54 Å². The third-order valence-corrected chi connectivity index (χ3v) is 7.98. The third-order valence-electron chi connectivity index (χ3n) is 7.98. The molecule has 1 aliphatic rings. The summed E-state index contributed by atoms with van der Waals surface area (Å²) in [6.45, 7) is 2.99. The van der Waals surface area contributed by atoms with Crippen molar-refractivity contribution in [2.24, 2.45) is 0 Å². The van der Waals surface area contributed by atoms with Gasteiger partial charge in [0.1, 0.15) is 5.69 Å². The number of H-pyrrole nitrogens is 2. The highest BCUT2D eigenvalue weighted by molar-refractivity contribution is 5.91. The van der Waals surface area contributed by atoms with E-state index in [0.29, 0.717) is 16.8 Å². The van der Waals surface area contributed by atoms with Crippen LogP contribution in [0.1, 0.15) is 30.0 Å². The topological polar surface area (TPSA) is 90.6 Å². The average molecular weight is 539 g/mol. The van der Waals surface area contributed by atoms with Gasteiger partial charge in [0.25, 0.3) is 5.56 Å². The molecule has 202 valence electrons. The molecule has 4 aromatic heterocycles. The van der Waals surface area contributed by atoms with E-state index in [-0.39, 0.29) is 5.56 Å². The Hall–Kier alpha value is -4.88. The molecule has 0 radical (unpaired) electrons. The van der Waals surface area contributed by atoms with Crippen LogP contribution in [0.15, 0.2) is 108 Å². The maximum atomic E-state index is 12.5. The van der Waals surface area contributed by atoms with Gasteiger partial charge < -0.3 is 9.97 Å². The fourth-order valence-electron chi connectivity index (χ4n) is 5.76. The number of hydrogen-bond acceptors (Lipinski definition) is 5. The van der Waals surface area contributed by atoms with E-state index in [9.17, 15) is 4.79 Å². The largest absolute Gasteiger partial charge is 0.343 e. The van der Waals surface area contributed by atoms with Crippen LogP contribution in [-0.4, -0.2) is 42.9 Å². The number of aromatic nitrogens is 5. The number of hydrogen-bond donors (Lipinski definition) is 2. The maximum absolute atomic E-state index is 12.5. The summed E-state index contributed by atoms with van der Waals surface area (Å²) in [6, 6.07) is 28.5. The highest BCUT2D eigenvalue weighted by atomic mass is 16.1. The van der Waals surface area contributed by atoms with Crippen molar-refractivity contribution in [3.8, 4) is 33.9 Å². The summed E-state index contributed by atoms with van der Waals surface area (Å²) in [7, 11) is 0.